The summed E-state index contributed by atoms with van der Waals surface area (Å²) in [6.07, 6.45) is 1.74. The highest BCUT2D eigenvalue weighted by Gasteiger charge is 2.13. The number of rotatable bonds is 7. The van der Waals surface area contributed by atoms with E-state index in [0.717, 1.165) is 22.4 Å². The summed E-state index contributed by atoms with van der Waals surface area (Å²) in [7, 11) is 0. The van der Waals surface area contributed by atoms with E-state index in [4.69, 9.17) is 22.2 Å². The first-order valence-corrected chi connectivity index (χ1v) is 9.96. The number of ether oxygens (including phenoxy) is 1. The maximum atomic E-state index is 6.14. The molecule has 3 aromatic rings. The van der Waals surface area contributed by atoms with Crippen LogP contribution in [0.4, 0.5) is 0 Å². The van der Waals surface area contributed by atoms with Gasteiger partial charge in [-0.05, 0) is 41.7 Å². The summed E-state index contributed by atoms with van der Waals surface area (Å²) in [5.74, 6) is 8.61. The highest BCUT2D eigenvalue weighted by molar-refractivity contribution is 7.98. The highest BCUT2D eigenvalue weighted by atomic mass is 35.5. The molecule has 1 aromatic carbocycles. The Labute approximate surface area is 168 Å². The summed E-state index contributed by atoms with van der Waals surface area (Å²) in [5, 5.41) is 9.42. The van der Waals surface area contributed by atoms with Gasteiger partial charge in [0.05, 0.1) is 0 Å². The summed E-state index contributed by atoms with van der Waals surface area (Å²) >= 11 is 7.29. The molecule has 0 atom stereocenters. The monoisotopic (exact) mass is 403 g/mol. The number of nitrogen functional groups attached to an aromatic ring is 1. The normalized spacial score (nSPS) is 11.1. The molecule has 0 spiro atoms. The molecule has 0 amide bonds. The van der Waals surface area contributed by atoms with Crippen molar-refractivity contribution in [3.63, 3.8) is 0 Å². The SMILES string of the molecule is Cc1ccc(C(C)C)c(OCc2nnc(SCc3ccc(Cl)nc3)n2N)c1. The average Bonchev–Trinajstić information content (AvgIpc) is 2.99. The number of benzene rings is 1. The number of nitrogens with two attached hydrogens (primary N) is 1. The Kier molecular flexibility index (Phi) is 6.23. The Hall–Kier alpha value is -2.25. The summed E-state index contributed by atoms with van der Waals surface area (Å²) in [6.45, 7) is 6.59. The Morgan fingerprint density at radius 2 is 2.04 bits per heavy atom. The van der Waals surface area contributed by atoms with Crippen molar-refractivity contribution < 1.29 is 4.74 Å². The molecule has 0 aliphatic carbocycles. The zero-order valence-electron chi connectivity index (χ0n) is 15.5. The molecule has 0 saturated heterocycles. The van der Waals surface area contributed by atoms with Gasteiger partial charge in [0.2, 0.25) is 5.16 Å². The number of nitrogens with zero attached hydrogens (tertiary/aromatic N) is 4. The third kappa shape index (κ3) is 4.93. The lowest BCUT2D eigenvalue weighted by Gasteiger charge is -2.14. The molecule has 2 heterocycles. The number of hydrogen-bond donors (Lipinski definition) is 1. The van der Waals surface area contributed by atoms with E-state index in [0.29, 0.717) is 27.8 Å². The zero-order chi connectivity index (χ0) is 19.4. The van der Waals surface area contributed by atoms with Gasteiger partial charge >= 0.3 is 0 Å². The molecule has 2 N–H and O–H groups in total. The Morgan fingerprint density at radius 1 is 1.22 bits per heavy atom. The predicted octanol–water partition coefficient (Wildman–Crippen LogP) is 4.34. The van der Waals surface area contributed by atoms with Crippen LogP contribution < -0.4 is 10.6 Å². The van der Waals surface area contributed by atoms with E-state index in [2.05, 4.69) is 41.2 Å². The second kappa shape index (κ2) is 8.63. The number of hydrogen-bond acceptors (Lipinski definition) is 6. The first-order chi connectivity index (χ1) is 12.9. The van der Waals surface area contributed by atoms with E-state index in [9.17, 15) is 0 Å². The molecule has 0 unspecified atom stereocenters. The third-order valence-electron chi connectivity index (χ3n) is 4.04. The van der Waals surface area contributed by atoms with Crippen LogP contribution in [0.5, 0.6) is 5.75 Å². The lowest BCUT2D eigenvalue weighted by atomic mass is 10.0. The second-order valence-electron chi connectivity index (χ2n) is 6.53. The standard InChI is InChI=1S/C19H22ClN5OS/c1-12(2)15-6-4-13(3)8-16(15)26-10-18-23-24-19(25(18)21)27-11-14-5-7-17(20)22-9-14/h4-9,12H,10-11,21H2,1-3H3. The van der Waals surface area contributed by atoms with Crippen LogP contribution in [-0.2, 0) is 12.4 Å². The lowest BCUT2D eigenvalue weighted by molar-refractivity contribution is 0.287. The molecule has 2 aromatic heterocycles. The summed E-state index contributed by atoms with van der Waals surface area (Å²) < 4.78 is 7.47. The van der Waals surface area contributed by atoms with E-state index >= 15 is 0 Å². The molecular formula is C19H22ClN5OS. The molecule has 0 aliphatic heterocycles. The van der Waals surface area contributed by atoms with Crippen molar-refractivity contribution >= 4 is 23.4 Å². The smallest absolute Gasteiger partial charge is 0.210 e. The van der Waals surface area contributed by atoms with Crippen LogP contribution in [0.2, 0.25) is 5.15 Å². The van der Waals surface area contributed by atoms with E-state index < -0.39 is 0 Å². The summed E-state index contributed by atoms with van der Waals surface area (Å²) in [4.78, 5) is 4.07. The van der Waals surface area contributed by atoms with Crippen LogP contribution in [0.25, 0.3) is 0 Å². The van der Waals surface area contributed by atoms with Crippen LogP contribution >= 0.6 is 23.4 Å². The summed E-state index contributed by atoms with van der Waals surface area (Å²) in [6, 6.07) is 9.92. The molecule has 0 radical (unpaired) electrons. The minimum atomic E-state index is 0.260. The van der Waals surface area contributed by atoms with Gasteiger partial charge in [-0.2, -0.15) is 0 Å². The molecule has 27 heavy (non-hydrogen) atoms. The topological polar surface area (TPSA) is 78.9 Å². The lowest BCUT2D eigenvalue weighted by Crippen LogP contribution is -2.16. The van der Waals surface area contributed by atoms with Gasteiger partial charge in [-0.1, -0.05) is 55.4 Å². The first kappa shape index (κ1) is 19.5. The number of halogens is 1. The van der Waals surface area contributed by atoms with Crippen LogP contribution in [0, 0.1) is 6.92 Å². The van der Waals surface area contributed by atoms with Crippen LogP contribution in [0.3, 0.4) is 0 Å². The number of pyridine rings is 1. The maximum absolute atomic E-state index is 6.14. The number of thioether (sulfide) groups is 1. The fourth-order valence-electron chi connectivity index (χ4n) is 2.53. The van der Waals surface area contributed by atoms with Gasteiger partial charge in [-0.3, -0.25) is 0 Å². The predicted molar refractivity (Wildman–Crippen MR) is 109 cm³/mol. The Morgan fingerprint density at radius 3 is 2.74 bits per heavy atom. The van der Waals surface area contributed by atoms with Crippen molar-refractivity contribution in [2.24, 2.45) is 0 Å². The molecule has 0 aliphatic rings. The number of aryl methyl sites for hydroxylation is 1. The molecular weight excluding hydrogens is 382 g/mol. The first-order valence-electron chi connectivity index (χ1n) is 8.60. The molecule has 6 nitrogen and oxygen atoms in total. The van der Waals surface area contributed by atoms with Gasteiger partial charge in [0.15, 0.2) is 5.82 Å². The molecule has 0 saturated carbocycles. The van der Waals surface area contributed by atoms with Crippen molar-refractivity contribution in [2.45, 2.75) is 44.2 Å². The van der Waals surface area contributed by atoms with Gasteiger partial charge in [-0.25, -0.2) is 9.66 Å². The van der Waals surface area contributed by atoms with E-state index in [1.165, 1.54) is 16.4 Å². The van der Waals surface area contributed by atoms with E-state index in [1.54, 1.807) is 12.3 Å². The molecule has 0 fully saturated rings. The fraction of sp³-hybridized carbons (Fsp3) is 0.316. The van der Waals surface area contributed by atoms with Crippen LogP contribution in [-0.4, -0.2) is 19.9 Å². The highest BCUT2D eigenvalue weighted by Crippen LogP contribution is 2.28. The van der Waals surface area contributed by atoms with Gasteiger partial charge in [0.1, 0.15) is 17.5 Å². The van der Waals surface area contributed by atoms with Crippen molar-refractivity contribution in [1.29, 1.82) is 0 Å². The average molecular weight is 404 g/mol. The number of aromatic nitrogens is 4. The quantitative estimate of drug-likeness (QED) is 0.359. The molecule has 3 rings (SSSR count). The Balaban J connectivity index is 1.65. The molecule has 142 valence electrons. The van der Waals surface area contributed by atoms with Gasteiger partial charge in [0.25, 0.3) is 0 Å². The van der Waals surface area contributed by atoms with Crippen molar-refractivity contribution in [2.75, 3.05) is 5.84 Å². The maximum Gasteiger partial charge on any atom is 0.210 e. The van der Waals surface area contributed by atoms with Crippen LogP contribution in [0.15, 0.2) is 41.7 Å². The third-order valence-corrected chi connectivity index (χ3v) is 5.28. The zero-order valence-corrected chi connectivity index (χ0v) is 17.1. The molecule has 8 heteroatoms. The van der Waals surface area contributed by atoms with Gasteiger partial charge in [0, 0.05) is 11.9 Å². The molecule has 0 bridgehead atoms. The van der Waals surface area contributed by atoms with E-state index in [1.807, 2.05) is 19.1 Å². The Bertz CT molecular complexity index is 911. The van der Waals surface area contributed by atoms with Gasteiger partial charge in [-0.15, -0.1) is 10.2 Å². The minimum absolute atomic E-state index is 0.260. The van der Waals surface area contributed by atoms with E-state index in [-0.39, 0.29) is 6.61 Å². The van der Waals surface area contributed by atoms with Crippen molar-refractivity contribution in [3.05, 3.63) is 64.2 Å². The minimum Gasteiger partial charge on any atom is -0.485 e. The van der Waals surface area contributed by atoms with Crippen molar-refractivity contribution in [1.82, 2.24) is 19.9 Å². The van der Waals surface area contributed by atoms with Crippen molar-refractivity contribution in [3.8, 4) is 5.75 Å². The van der Waals surface area contributed by atoms with Crippen LogP contribution in [0.1, 0.15) is 42.3 Å². The summed E-state index contributed by atoms with van der Waals surface area (Å²) in [5.41, 5.74) is 3.34. The largest absolute Gasteiger partial charge is 0.485 e. The second-order valence-corrected chi connectivity index (χ2v) is 7.86. The van der Waals surface area contributed by atoms with Gasteiger partial charge < -0.3 is 10.6 Å². The fourth-order valence-corrected chi connectivity index (χ4v) is 3.45.